The van der Waals surface area contributed by atoms with Crippen LogP contribution in [0.15, 0.2) is 97.3 Å². The summed E-state index contributed by atoms with van der Waals surface area (Å²) in [4.78, 5) is 97.6. The van der Waals surface area contributed by atoms with Gasteiger partial charge in [-0.05, 0) is 86.1 Å². The Morgan fingerprint density at radius 1 is 0.543 bits per heavy atom. The molecule has 0 atom stereocenters. The molecule has 70 heavy (non-hydrogen) atoms. The third kappa shape index (κ3) is 7.83. The van der Waals surface area contributed by atoms with E-state index in [0.29, 0.717) is 44.8 Å². The molecule has 0 saturated carbocycles. The minimum absolute atomic E-state index is 0.0435. The fraction of sp³-hybridized carbons (Fsp3) is 0.320. The molecule has 20 heteroatoms. The molecule has 0 aliphatic carbocycles. The molecule has 2 spiro atoms. The average molecular weight is 947 g/mol. The summed E-state index contributed by atoms with van der Waals surface area (Å²) in [7, 11) is 2.71. The molecule has 4 saturated heterocycles. The van der Waals surface area contributed by atoms with Gasteiger partial charge in [-0.15, -0.1) is 0 Å². The number of hydrogen-bond acceptors (Lipinski definition) is 16. The first-order valence-electron chi connectivity index (χ1n) is 22.9. The molecule has 6 amide bonds. The number of amides is 6. The molecular formula is C50H50N12O8. The molecule has 6 aromatic rings. The number of aromatic hydroxyl groups is 2. The highest BCUT2D eigenvalue weighted by molar-refractivity contribution is 6.35. The molecule has 2 aromatic carbocycles. The number of carbonyl (C=O) groups excluding carboxylic acids is 4. The zero-order valence-corrected chi connectivity index (χ0v) is 39.0. The van der Waals surface area contributed by atoms with Crippen LogP contribution in [0.3, 0.4) is 0 Å². The smallest absolute Gasteiger partial charge is 0.339 e. The van der Waals surface area contributed by atoms with Gasteiger partial charge in [-0.3, -0.25) is 29.4 Å². The minimum atomic E-state index is -1.59. The molecule has 0 radical (unpaired) electrons. The molecule has 4 aliphatic heterocycles. The number of benzene rings is 2. The largest absolute Gasteiger partial charge is 0.493 e. The van der Waals surface area contributed by atoms with E-state index in [-0.39, 0.29) is 60.7 Å². The molecule has 0 unspecified atom stereocenters. The Labute approximate surface area is 402 Å². The fourth-order valence-electron chi connectivity index (χ4n) is 10.1. The Balaban J connectivity index is 1.09. The van der Waals surface area contributed by atoms with Crippen molar-refractivity contribution in [1.29, 1.82) is 0 Å². The zero-order valence-electron chi connectivity index (χ0n) is 39.0. The van der Waals surface area contributed by atoms with Gasteiger partial charge in [0.1, 0.15) is 11.1 Å². The Hall–Kier alpha value is -8.10. The minimum Gasteiger partial charge on any atom is -0.493 e. The Morgan fingerprint density at radius 3 is 1.44 bits per heavy atom. The highest BCUT2D eigenvalue weighted by Crippen LogP contribution is 2.49. The van der Waals surface area contributed by atoms with Gasteiger partial charge < -0.3 is 19.7 Å². The van der Waals surface area contributed by atoms with E-state index in [4.69, 9.17) is 9.47 Å². The van der Waals surface area contributed by atoms with Crippen molar-refractivity contribution in [3.05, 3.63) is 120 Å². The number of aromatic nitrogens is 6. The first-order chi connectivity index (χ1) is 33.8. The normalized spacial score (nSPS) is 18.2. The van der Waals surface area contributed by atoms with Crippen molar-refractivity contribution in [2.24, 2.45) is 0 Å². The van der Waals surface area contributed by atoms with Crippen LogP contribution in [0.4, 0.5) is 32.9 Å². The van der Waals surface area contributed by atoms with Gasteiger partial charge in [0.05, 0.1) is 49.1 Å². The molecule has 4 aromatic heterocycles. The van der Waals surface area contributed by atoms with Gasteiger partial charge in [0.25, 0.3) is 11.8 Å². The lowest BCUT2D eigenvalue weighted by Gasteiger charge is -2.41. The molecule has 2 N–H and O–H groups in total. The van der Waals surface area contributed by atoms with E-state index in [0.717, 1.165) is 37.9 Å². The van der Waals surface area contributed by atoms with Crippen LogP contribution in [-0.2, 0) is 22.7 Å². The van der Waals surface area contributed by atoms with Gasteiger partial charge in [-0.1, -0.05) is 48.5 Å². The maximum atomic E-state index is 15.7. The van der Waals surface area contributed by atoms with Crippen LogP contribution in [0.2, 0.25) is 0 Å². The van der Waals surface area contributed by atoms with Crippen LogP contribution in [0, 0.1) is 13.8 Å². The van der Waals surface area contributed by atoms with Crippen molar-refractivity contribution in [1.82, 2.24) is 39.7 Å². The molecular weight excluding hydrogens is 897 g/mol. The van der Waals surface area contributed by atoms with E-state index in [1.165, 1.54) is 36.2 Å². The topological polar surface area (TPSA) is 224 Å². The summed E-state index contributed by atoms with van der Waals surface area (Å²) in [5, 5.41) is 21.6. The number of carbonyl (C=O) groups is 4. The van der Waals surface area contributed by atoms with Crippen molar-refractivity contribution >= 4 is 47.1 Å². The number of aryl methyl sites for hydroxylation is 2. The summed E-state index contributed by atoms with van der Waals surface area (Å²) in [6.07, 6.45) is 3.97. The van der Waals surface area contributed by atoms with Crippen LogP contribution in [0.25, 0.3) is 11.1 Å². The number of pyridine rings is 2. The molecule has 20 nitrogen and oxygen atoms in total. The van der Waals surface area contributed by atoms with E-state index in [1.807, 2.05) is 68.4 Å². The number of anilines is 4. The van der Waals surface area contributed by atoms with E-state index in [1.54, 1.807) is 30.6 Å². The van der Waals surface area contributed by atoms with E-state index >= 15 is 19.2 Å². The number of urea groups is 2. The lowest BCUT2D eigenvalue weighted by atomic mass is 9.85. The number of nitrogens with zero attached hydrogens (tertiary/aromatic N) is 12. The number of imide groups is 2. The molecule has 0 bridgehead atoms. The summed E-state index contributed by atoms with van der Waals surface area (Å²) in [5.41, 5.74) is 1.79. The second kappa shape index (κ2) is 18.1. The molecule has 8 heterocycles. The first kappa shape index (κ1) is 45.7. The van der Waals surface area contributed by atoms with Gasteiger partial charge in [-0.25, -0.2) is 29.2 Å². The van der Waals surface area contributed by atoms with Crippen molar-refractivity contribution in [2.75, 3.05) is 60.0 Å². The molecule has 10 rings (SSSR count). The van der Waals surface area contributed by atoms with E-state index < -0.39 is 46.7 Å². The predicted octanol–water partition coefficient (Wildman–Crippen LogP) is 5.78. The Bertz CT molecular complexity index is 3030. The number of ether oxygens (including phenoxy) is 2. The van der Waals surface area contributed by atoms with Gasteiger partial charge in [0.2, 0.25) is 35.4 Å². The van der Waals surface area contributed by atoms with Crippen molar-refractivity contribution < 1.29 is 38.9 Å². The Morgan fingerprint density at radius 2 is 1.00 bits per heavy atom. The third-order valence-electron chi connectivity index (χ3n) is 13.9. The van der Waals surface area contributed by atoms with Crippen LogP contribution in [0.1, 0.15) is 48.2 Å². The number of piperidine rings is 2. The summed E-state index contributed by atoms with van der Waals surface area (Å²) in [5.74, 6) is -2.89. The highest BCUT2D eigenvalue weighted by Gasteiger charge is 2.64. The lowest BCUT2D eigenvalue weighted by molar-refractivity contribution is -0.124. The van der Waals surface area contributed by atoms with E-state index in [2.05, 4.69) is 39.7 Å². The SMILES string of the molecule is COc1cc(O)nc(N2C(=O)N(c3ccc(-c4ccccc4)cc3N3C(=O)N(c4nc(O)cc(OC)n4)C4(CCN(Cc5ncccc5C)CC4)C3=O)C(=O)C23CCN(Cc2ncccc2C)CC3)n1. The first-order valence-corrected chi connectivity index (χ1v) is 22.9. The zero-order chi connectivity index (χ0) is 48.9. The van der Waals surface area contributed by atoms with Crippen molar-refractivity contribution in [3.63, 3.8) is 0 Å². The molecule has 4 fully saturated rings. The van der Waals surface area contributed by atoms with Crippen molar-refractivity contribution in [3.8, 4) is 34.6 Å². The van der Waals surface area contributed by atoms with Gasteiger partial charge in [-0.2, -0.15) is 19.9 Å². The summed E-state index contributed by atoms with van der Waals surface area (Å²) in [6.45, 7) is 6.41. The second-order valence-corrected chi connectivity index (χ2v) is 17.9. The monoisotopic (exact) mass is 946 g/mol. The van der Waals surface area contributed by atoms with Gasteiger partial charge in [0.15, 0.2) is 0 Å². The van der Waals surface area contributed by atoms with E-state index in [9.17, 15) is 10.2 Å². The highest BCUT2D eigenvalue weighted by atomic mass is 16.5. The summed E-state index contributed by atoms with van der Waals surface area (Å²) >= 11 is 0. The quantitative estimate of drug-likeness (QED) is 0.147. The summed E-state index contributed by atoms with van der Waals surface area (Å²) in [6, 6.07) is 22.5. The number of hydrogen-bond donors (Lipinski definition) is 2. The Kier molecular flexibility index (Phi) is 11.8. The van der Waals surface area contributed by atoms with Gasteiger partial charge >= 0.3 is 12.1 Å². The van der Waals surface area contributed by atoms with Crippen molar-refractivity contribution in [2.45, 2.75) is 63.7 Å². The fourth-order valence-corrected chi connectivity index (χ4v) is 10.1. The molecule has 358 valence electrons. The maximum absolute atomic E-state index is 15.7. The van der Waals surface area contributed by atoms with Crippen LogP contribution in [-0.4, -0.2) is 125 Å². The maximum Gasteiger partial charge on any atom is 0.339 e. The lowest BCUT2D eigenvalue weighted by Crippen LogP contribution is -2.57. The van der Waals surface area contributed by atoms with Crippen LogP contribution >= 0.6 is 0 Å². The van der Waals surface area contributed by atoms with Crippen LogP contribution < -0.4 is 29.1 Å². The third-order valence-corrected chi connectivity index (χ3v) is 13.9. The number of likely N-dealkylation sites (tertiary alicyclic amines) is 2. The number of rotatable bonds is 11. The average Bonchev–Trinajstić information content (AvgIpc) is 3.70. The van der Waals surface area contributed by atoms with Crippen LogP contribution in [0.5, 0.6) is 23.5 Å². The second-order valence-electron chi connectivity index (χ2n) is 17.9. The molecule has 4 aliphatic rings. The van der Waals surface area contributed by atoms with Gasteiger partial charge in [0, 0.05) is 51.7 Å². The number of methoxy groups -OCH3 is 2. The predicted molar refractivity (Wildman–Crippen MR) is 256 cm³/mol. The standard InChI is InChI=1S/C50H50N12O8/c1-31-10-8-20-51-35(31)29-57-22-16-49(17-23-57)43(65)59(47(67)61(49)45-53-39(63)27-41(55-45)69-3)37-15-14-34(33-12-6-5-7-13-33)26-38(37)60-44(66)50(62(48(60)68)46-54-40(64)28-42(56-46)70-4)18-24-58(25-19-50)30-36-32(2)11-9-21-52-36/h5-15,20-21,26-28H,16-19,22-25,29-30H2,1-4H3,(H,53,55,63)(H,54,56,64). The summed E-state index contributed by atoms with van der Waals surface area (Å²) < 4.78 is 10.8.